The molecular weight excluding hydrogens is 398 g/mol. The molecule has 32 heavy (non-hydrogen) atoms. The summed E-state index contributed by atoms with van der Waals surface area (Å²) in [5.41, 5.74) is 6.88. The molecule has 0 atom stereocenters. The maximum atomic E-state index is 10.2. The molecule has 2 aliphatic rings. The molecule has 0 radical (unpaired) electrons. The molecule has 164 valence electrons. The van der Waals surface area contributed by atoms with Crippen molar-refractivity contribution in [2.75, 3.05) is 19.6 Å². The minimum absolute atomic E-state index is 0.264. The summed E-state index contributed by atoms with van der Waals surface area (Å²) in [6, 6.07) is 21.4. The van der Waals surface area contributed by atoms with Gasteiger partial charge in [-0.3, -0.25) is 4.90 Å². The number of likely N-dealkylation sites (tertiary alicyclic amines) is 1. The second-order valence-corrected chi connectivity index (χ2v) is 8.77. The predicted molar refractivity (Wildman–Crippen MR) is 128 cm³/mol. The molecule has 1 aliphatic carbocycles. The van der Waals surface area contributed by atoms with Crippen molar-refractivity contribution in [3.8, 4) is 17.2 Å². The van der Waals surface area contributed by atoms with Gasteiger partial charge in [0.25, 0.3) is 0 Å². The highest BCUT2D eigenvalue weighted by Crippen LogP contribution is 2.42. The third-order valence-electron chi connectivity index (χ3n) is 6.43. The van der Waals surface area contributed by atoms with Gasteiger partial charge < -0.3 is 14.9 Å². The second-order valence-electron chi connectivity index (χ2n) is 8.77. The maximum absolute atomic E-state index is 10.2. The lowest BCUT2D eigenvalue weighted by Crippen LogP contribution is -2.53. The molecule has 3 aromatic rings. The van der Waals surface area contributed by atoms with E-state index >= 15 is 0 Å². The molecule has 0 unspecified atom stereocenters. The number of aryl methyl sites for hydroxylation is 1. The highest BCUT2D eigenvalue weighted by molar-refractivity contribution is 6.01. The first-order valence-electron chi connectivity index (χ1n) is 11.4. The van der Waals surface area contributed by atoms with Gasteiger partial charge in [0.1, 0.15) is 23.4 Å². The molecule has 1 aliphatic heterocycles. The van der Waals surface area contributed by atoms with Crippen LogP contribution < -0.4 is 4.74 Å². The van der Waals surface area contributed by atoms with Gasteiger partial charge >= 0.3 is 0 Å². The summed E-state index contributed by atoms with van der Waals surface area (Å²) in [6.07, 6.45) is 3.28. The molecule has 0 spiro atoms. The molecular formula is C28H29NO3. The summed E-state index contributed by atoms with van der Waals surface area (Å²) in [6.45, 7) is 5.34. The van der Waals surface area contributed by atoms with Crippen molar-refractivity contribution in [1.82, 2.24) is 4.90 Å². The lowest BCUT2D eigenvalue weighted by atomic mass is 9.79. The molecule has 0 bridgehead atoms. The van der Waals surface area contributed by atoms with E-state index in [2.05, 4.69) is 36.1 Å². The van der Waals surface area contributed by atoms with Crippen LogP contribution in [0.4, 0.5) is 0 Å². The summed E-state index contributed by atoms with van der Waals surface area (Å²) >= 11 is 0. The standard InChI is InChI=1S/C28H29NO3/c1-2-15-29-17-25(18-29)32-24-12-6-21(7-13-24)28-26(19-3-9-22(30)10-4-19)14-8-20-5-11-23(31)16-27(20)28/h3-7,9-13,16,25,30-31H,2,8,14-15,17-18H2,1H3. The minimum Gasteiger partial charge on any atom is -0.508 e. The van der Waals surface area contributed by atoms with Crippen LogP contribution in [-0.2, 0) is 6.42 Å². The number of phenols is 2. The van der Waals surface area contributed by atoms with Crippen LogP contribution in [0.2, 0.25) is 0 Å². The predicted octanol–water partition coefficient (Wildman–Crippen LogP) is 5.48. The normalized spacial score (nSPS) is 16.5. The molecule has 0 saturated carbocycles. The first-order chi connectivity index (χ1) is 15.6. The second kappa shape index (κ2) is 8.71. The van der Waals surface area contributed by atoms with E-state index in [4.69, 9.17) is 4.74 Å². The largest absolute Gasteiger partial charge is 0.508 e. The van der Waals surface area contributed by atoms with Crippen LogP contribution >= 0.6 is 0 Å². The zero-order chi connectivity index (χ0) is 22.1. The highest BCUT2D eigenvalue weighted by atomic mass is 16.5. The van der Waals surface area contributed by atoms with E-state index < -0.39 is 0 Å². The third kappa shape index (κ3) is 4.11. The number of rotatable bonds is 6. The van der Waals surface area contributed by atoms with Gasteiger partial charge in [-0.2, -0.15) is 0 Å². The van der Waals surface area contributed by atoms with E-state index in [0.29, 0.717) is 0 Å². The van der Waals surface area contributed by atoms with Crippen LogP contribution in [0.3, 0.4) is 0 Å². The molecule has 3 aromatic carbocycles. The first-order valence-corrected chi connectivity index (χ1v) is 11.4. The van der Waals surface area contributed by atoms with Crippen LogP contribution in [-0.4, -0.2) is 40.9 Å². The van der Waals surface area contributed by atoms with E-state index in [1.165, 1.54) is 17.6 Å². The Hall–Kier alpha value is -3.24. The Morgan fingerprint density at radius 2 is 1.53 bits per heavy atom. The fourth-order valence-corrected chi connectivity index (χ4v) is 4.83. The smallest absolute Gasteiger partial charge is 0.124 e. The summed E-state index contributed by atoms with van der Waals surface area (Å²) in [7, 11) is 0. The molecule has 1 fully saturated rings. The van der Waals surface area contributed by atoms with Crippen molar-refractivity contribution in [3.63, 3.8) is 0 Å². The van der Waals surface area contributed by atoms with E-state index in [-0.39, 0.29) is 17.6 Å². The van der Waals surface area contributed by atoms with Gasteiger partial charge in [-0.1, -0.05) is 37.3 Å². The number of hydrogen-bond acceptors (Lipinski definition) is 4. The summed E-state index contributed by atoms with van der Waals surface area (Å²) in [4.78, 5) is 2.42. The van der Waals surface area contributed by atoms with Crippen molar-refractivity contribution in [2.45, 2.75) is 32.3 Å². The summed E-state index contributed by atoms with van der Waals surface area (Å²) in [5, 5.41) is 19.9. The van der Waals surface area contributed by atoms with Crippen LogP contribution in [0.1, 0.15) is 42.0 Å². The molecule has 5 rings (SSSR count). The number of fused-ring (bicyclic) bond motifs is 1. The van der Waals surface area contributed by atoms with Crippen LogP contribution in [0, 0.1) is 0 Å². The average Bonchev–Trinajstić information content (AvgIpc) is 2.78. The zero-order valence-corrected chi connectivity index (χ0v) is 18.4. The highest BCUT2D eigenvalue weighted by Gasteiger charge is 2.27. The summed E-state index contributed by atoms with van der Waals surface area (Å²) in [5.74, 6) is 1.43. The van der Waals surface area contributed by atoms with E-state index in [9.17, 15) is 10.2 Å². The van der Waals surface area contributed by atoms with Crippen molar-refractivity contribution in [1.29, 1.82) is 0 Å². The molecule has 4 nitrogen and oxygen atoms in total. The van der Waals surface area contributed by atoms with Crippen molar-refractivity contribution in [3.05, 3.63) is 89.0 Å². The number of nitrogens with zero attached hydrogens (tertiary/aromatic N) is 1. The number of benzene rings is 3. The molecule has 0 amide bonds. The number of aromatic hydroxyl groups is 2. The Morgan fingerprint density at radius 1 is 0.844 bits per heavy atom. The van der Waals surface area contributed by atoms with E-state index in [0.717, 1.165) is 60.5 Å². The topological polar surface area (TPSA) is 52.9 Å². The van der Waals surface area contributed by atoms with Gasteiger partial charge in [-0.05, 0) is 95.6 Å². The molecule has 0 aromatic heterocycles. The number of phenolic OH excluding ortho intramolecular Hbond substituents is 2. The van der Waals surface area contributed by atoms with Gasteiger partial charge in [0.2, 0.25) is 0 Å². The SMILES string of the molecule is CCCN1CC(Oc2ccc(C3=C(c4ccc(O)cc4)CCc4ccc(O)cc43)cc2)C1. The lowest BCUT2D eigenvalue weighted by molar-refractivity contribution is 0.0202. The Bertz CT molecular complexity index is 1130. The number of allylic oxidation sites excluding steroid dienone is 1. The maximum Gasteiger partial charge on any atom is 0.124 e. The zero-order valence-electron chi connectivity index (χ0n) is 18.4. The Kier molecular flexibility index (Phi) is 5.62. The monoisotopic (exact) mass is 427 g/mol. The van der Waals surface area contributed by atoms with Crippen LogP contribution in [0.25, 0.3) is 11.1 Å². The Labute approximate surface area is 189 Å². The summed E-state index contributed by atoms with van der Waals surface area (Å²) < 4.78 is 6.16. The van der Waals surface area contributed by atoms with Crippen molar-refractivity contribution >= 4 is 11.1 Å². The minimum atomic E-state index is 0.264. The van der Waals surface area contributed by atoms with Gasteiger partial charge in [-0.15, -0.1) is 0 Å². The number of ether oxygens (including phenoxy) is 1. The van der Waals surface area contributed by atoms with Crippen LogP contribution in [0.5, 0.6) is 17.2 Å². The average molecular weight is 428 g/mol. The molecule has 4 heteroatoms. The van der Waals surface area contributed by atoms with E-state index in [1.54, 1.807) is 18.2 Å². The number of hydrogen-bond donors (Lipinski definition) is 2. The van der Waals surface area contributed by atoms with Crippen molar-refractivity contribution in [2.24, 2.45) is 0 Å². The Balaban J connectivity index is 1.48. The van der Waals surface area contributed by atoms with Gasteiger partial charge in [0, 0.05) is 13.1 Å². The van der Waals surface area contributed by atoms with E-state index in [1.807, 2.05) is 24.3 Å². The van der Waals surface area contributed by atoms with Crippen LogP contribution in [0.15, 0.2) is 66.7 Å². The third-order valence-corrected chi connectivity index (χ3v) is 6.43. The first kappa shape index (κ1) is 20.7. The quantitative estimate of drug-likeness (QED) is 0.547. The Morgan fingerprint density at radius 3 is 2.25 bits per heavy atom. The molecule has 2 N–H and O–H groups in total. The lowest BCUT2D eigenvalue weighted by Gasteiger charge is -2.38. The van der Waals surface area contributed by atoms with Crippen molar-refractivity contribution < 1.29 is 14.9 Å². The fourth-order valence-electron chi connectivity index (χ4n) is 4.83. The van der Waals surface area contributed by atoms with Gasteiger partial charge in [0.05, 0.1) is 0 Å². The molecule has 1 heterocycles. The fraction of sp³-hybridized carbons (Fsp3) is 0.286. The molecule has 1 saturated heterocycles. The van der Waals surface area contributed by atoms with Gasteiger partial charge in [0.15, 0.2) is 0 Å². The van der Waals surface area contributed by atoms with Gasteiger partial charge in [-0.25, -0.2) is 0 Å².